The topological polar surface area (TPSA) is 12.9 Å². The summed E-state index contributed by atoms with van der Waals surface area (Å²) in [5, 5.41) is -0.221. The lowest BCUT2D eigenvalue weighted by Crippen LogP contribution is -2.09. The normalized spacial score (nSPS) is 17.3. The van der Waals surface area contributed by atoms with Crippen molar-refractivity contribution in [2.45, 2.75) is 51.4 Å². The monoisotopic (exact) mass is 393 g/mol. The van der Waals surface area contributed by atoms with Crippen molar-refractivity contribution in [3.05, 3.63) is 63.9 Å². The summed E-state index contributed by atoms with van der Waals surface area (Å²) in [4.78, 5) is 3.99. The van der Waals surface area contributed by atoms with Gasteiger partial charge in [0.1, 0.15) is 5.83 Å². The summed E-state index contributed by atoms with van der Waals surface area (Å²) >= 11 is 6.08. The first-order chi connectivity index (χ1) is 12.8. The van der Waals surface area contributed by atoms with Gasteiger partial charge in [0.25, 0.3) is 5.92 Å². The van der Waals surface area contributed by atoms with Gasteiger partial charge in [0.2, 0.25) is 0 Å². The van der Waals surface area contributed by atoms with Crippen LogP contribution >= 0.6 is 11.6 Å². The van der Waals surface area contributed by atoms with E-state index < -0.39 is 11.7 Å². The van der Waals surface area contributed by atoms with E-state index in [4.69, 9.17) is 11.6 Å². The molecule has 144 valence electrons. The van der Waals surface area contributed by atoms with E-state index in [2.05, 4.69) is 11.9 Å². The smallest absolute Gasteiger partial charge is 0.255 e. The second-order valence-electron chi connectivity index (χ2n) is 7.36. The molecule has 1 aromatic heterocycles. The number of halogens is 4. The molecule has 1 nitrogen and oxygen atoms in total. The Labute approximate surface area is 163 Å². The van der Waals surface area contributed by atoms with Crippen LogP contribution < -0.4 is 0 Å². The van der Waals surface area contributed by atoms with Crippen molar-refractivity contribution in [3.63, 3.8) is 0 Å². The summed E-state index contributed by atoms with van der Waals surface area (Å²) in [5.74, 6) is -2.85. The van der Waals surface area contributed by atoms with Crippen LogP contribution in [0.4, 0.5) is 13.2 Å². The Hall–Kier alpha value is -1.81. The molecule has 0 radical (unpaired) electrons. The number of hydrogen-bond acceptors (Lipinski definition) is 1. The van der Waals surface area contributed by atoms with Crippen LogP contribution in [0.15, 0.2) is 36.5 Å². The SMILES string of the molecule is CC(c1ccccc1/C(F)=C/c1nccc(C(C)(F)F)c1Cl)C1CCCC1. The largest absolute Gasteiger partial charge is 0.272 e. The third-order valence-corrected chi connectivity index (χ3v) is 5.87. The minimum Gasteiger partial charge on any atom is -0.255 e. The maximum atomic E-state index is 15.1. The molecule has 1 fully saturated rings. The number of aromatic nitrogens is 1. The fraction of sp³-hybridized carbons (Fsp3) is 0.409. The standard InChI is InChI=1S/C22H23ClF3N/c1-14(15-7-3-4-8-15)16-9-5-6-10-17(16)19(24)13-20-21(23)18(11-12-27-20)22(2,25)26/h5-6,9-15H,3-4,7-8H2,1-2H3/b19-13-. The third-order valence-electron chi connectivity index (χ3n) is 5.47. The predicted octanol–water partition coefficient (Wildman–Crippen LogP) is 7.61. The van der Waals surface area contributed by atoms with E-state index >= 15 is 4.39 Å². The van der Waals surface area contributed by atoms with Crippen molar-refractivity contribution in [1.29, 1.82) is 0 Å². The molecule has 1 aliphatic rings. The molecular formula is C22H23ClF3N. The van der Waals surface area contributed by atoms with E-state index in [9.17, 15) is 8.78 Å². The highest BCUT2D eigenvalue weighted by molar-refractivity contribution is 6.32. The maximum Gasteiger partial charge on any atom is 0.272 e. The molecule has 3 rings (SSSR count). The van der Waals surface area contributed by atoms with Gasteiger partial charge in [-0.05, 0) is 36.3 Å². The average Bonchev–Trinajstić information content (AvgIpc) is 3.16. The molecule has 1 unspecified atom stereocenters. The molecule has 0 saturated heterocycles. The van der Waals surface area contributed by atoms with Gasteiger partial charge in [0, 0.05) is 30.3 Å². The Morgan fingerprint density at radius 2 is 1.89 bits per heavy atom. The molecule has 0 N–H and O–H groups in total. The van der Waals surface area contributed by atoms with Gasteiger partial charge in [-0.15, -0.1) is 0 Å². The number of benzene rings is 1. The number of pyridine rings is 1. The second kappa shape index (κ2) is 8.05. The molecule has 5 heteroatoms. The predicted molar refractivity (Wildman–Crippen MR) is 105 cm³/mol. The molecule has 0 spiro atoms. The molecule has 0 bridgehead atoms. The van der Waals surface area contributed by atoms with Crippen molar-refractivity contribution < 1.29 is 13.2 Å². The van der Waals surface area contributed by atoms with Crippen molar-refractivity contribution in [3.8, 4) is 0 Å². The minimum atomic E-state index is -3.12. The molecule has 0 aliphatic heterocycles. The van der Waals surface area contributed by atoms with E-state index in [1.807, 2.05) is 12.1 Å². The Bertz CT molecular complexity index is 836. The highest BCUT2D eigenvalue weighted by Crippen LogP contribution is 2.40. The van der Waals surface area contributed by atoms with Crippen LogP contribution in [0.5, 0.6) is 0 Å². The lowest BCUT2D eigenvalue weighted by atomic mass is 9.84. The van der Waals surface area contributed by atoms with Gasteiger partial charge < -0.3 is 0 Å². The lowest BCUT2D eigenvalue weighted by Gasteiger charge is -2.21. The first kappa shape index (κ1) is 19.9. The van der Waals surface area contributed by atoms with Crippen LogP contribution in [0, 0.1) is 5.92 Å². The van der Waals surface area contributed by atoms with Crippen LogP contribution in [0.3, 0.4) is 0 Å². The summed E-state index contributed by atoms with van der Waals surface area (Å²) < 4.78 is 42.5. The number of hydrogen-bond donors (Lipinski definition) is 0. The van der Waals surface area contributed by atoms with E-state index in [1.165, 1.54) is 19.0 Å². The van der Waals surface area contributed by atoms with Gasteiger partial charge in [0.05, 0.1) is 10.7 Å². The van der Waals surface area contributed by atoms with Crippen LogP contribution in [0.1, 0.15) is 67.8 Å². The average molecular weight is 394 g/mol. The summed E-state index contributed by atoms with van der Waals surface area (Å²) in [7, 11) is 0. The highest BCUT2D eigenvalue weighted by Gasteiger charge is 2.29. The molecule has 1 aromatic carbocycles. The van der Waals surface area contributed by atoms with E-state index in [-0.39, 0.29) is 22.2 Å². The zero-order chi connectivity index (χ0) is 19.6. The lowest BCUT2D eigenvalue weighted by molar-refractivity contribution is 0.0175. The summed E-state index contributed by atoms with van der Waals surface area (Å²) in [6, 6.07) is 8.50. The first-order valence-corrected chi connectivity index (χ1v) is 9.66. The fourth-order valence-electron chi connectivity index (χ4n) is 3.92. The van der Waals surface area contributed by atoms with Crippen molar-refractivity contribution in [2.75, 3.05) is 0 Å². The number of alkyl halides is 2. The fourth-order valence-corrected chi connectivity index (χ4v) is 4.25. The molecule has 0 amide bonds. The van der Waals surface area contributed by atoms with E-state index in [0.717, 1.165) is 37.5 Å². The van der Waals surface area contributed by atoms with Crippen LogP contribution in [-0.2, 0) is 5.92 Å². The molecule has 2 aromatic rings. The Morgan fingerprint density at radius 3 is 2.56 bits per heavy atom. The van der Waals surface area contributed by atoms with Crippen LogP contribution in [-0.4, -0.2) is 4.98 Å². The first-order valence-electron chi connectivity index (χ1n) is 9.28. The molecule has 1 atom stereocenters. The van der Waals surface area contributed by atoms with Gasteiger partial charge >= 0.3 is 0 Å². The van der Waals surface area contributed by atoms with Crippen molar-refractivity contribution in [2.24, 2.45) is 5.92 Å². The highest BCUT2D eigenvalue weighted by atomic mass is 35.5. The van der Waals surface area contributed by atoms with E-state index in [1.54, 1.807) is 12.1 Å². The summed E-state index contributed by atoms with van der Waals surface area (Å²) in [6.07, 6.45) is 7.12. The van der Waals surface area contributed by atoms with Gasteiger partial charge in [-0.1, -0.05) is 55.6 Å². The van der Waals surface area contributed by atoms with Gasteiger partial charge in [0.15, 0.2) is 0 Å². The maximum absolute atomic E-state index is 15.1. The van der Waals surface area contributed by atoms with Crippen LogP contribution in [0.2, 0.25) is 5.02 Å². The summed E-state index contributed by atoms with van der Waals surface area (Å²) in [5.41, 5.74) is 1.07. The minimum absolute atomic E-state index is 0.0107. The summed E-state index contributed by atoms with van der Waals surface area (Å²) in [6.45, 7) is 2.89. The molecule has 1 saturated carbocycles. The quantitative estimate of drug-likeness (QED) is 0.509. The zero-order valence-electron chi connectivity index (χ0n) is 15.5. The Balaban J connectivity index is 1.98. The zero-order valence-corrected chi connectivity index (χ0v) is 16.2. The molecule has 1 heterocycles. The number of nitrogens with zero attached hydrogens (tertiary/aromatic N) is 1. The Kier molecular flexibility index (Phi) is 5.95. The molecule has 27 heavy (non-hydrogen) atoms. The molecular weight excluding hydrogens is 371 g/mol. The van der Waals surface area contributed by atoms with Crippen LogP contribution in [0.25, 0.3) is 11.9 Å². The van der Waals surface area contributed by atoms with Gasteiger partial charge in [-0.3, -0.25) is 4.98 Å². The van der Waals surface area contributed by atoms with Crippen molar-refractivity contribution in [1.82, 2.24) is 4.98 Å². The van der Waals surface area contributed by atoms with Gasteiger partial charge in [-0.25, -0.2) is 13.2 Å². The van der Waals surface area contributed by atoms with Crippen molar-refractivity contribution >= 4 is 23.5 Å². The third kappa shape index (κ3) is 4.37. The molecule has 1 aliphatic carbocycles. The number of rotatable bonds is 5. The second-order valence-corrected chi connectivity index (χ2v) is 7.74. The van der Waals surface area contributed by atoms with Gasteiger partial charge in [-0.2, -0.15) is 0 Å². The van der Waals surface area contributed by atoms with E-state index in [0.29, 0.717) is 11.5 Å². The Morgan fingerprint density at radius 1 is 1.22 bits per heavy atom.